The molecule has 0 atom stereocenters. The fourth-order valence-electron chi connectivity index (χ4n) is 10.3. The van der Waals surface area contributed by atoms with Crippen molar-refractivity contribution < 1.29 is 18.3 Å². The zero-order valence-electron chi connectivity index (χ0n) is 42.5. The maximum absolute atomic E-state index is 6.35. The van der Waals surface area contributed by atoms with E-state index in [1.54, 1.807) is 14.2 Å². The molecule has 0 aliphatic rings. The Balaban J connectivity index is 0.000000142. The lowest BCUT2D eigenvalue weighted by molar-refractivity contribution is 0.414. The van der Waals surface area contributed by atoms with Crippen molar-refractivity contribution in [3.63, 3.8) is 0 Å². The zero-order chi connectivity index (χ0) is 53.4. The number of para-hydroxylation sites is 6. The maximum Gasteiger partial charge on any atom is 0.248 e. The molecule has 1 N–H and O–H groups in total. The van der Waals surface area contributed by atoms with Crippen LogP contribution in [0.5, 0.6) is 11.5 Å². The van der Waals surface area contributed by atoms with Gasteiger partial charge in [0, 0.05) is 84.1 Å². The van der Waals surface area contributed by atoms with Crippen LogP contribution >= 0.6 is 45.2 Å². The van der Waals surface area contributed by atoms with Crippen LogP contribution in [0.15, 0.2) is 239 Å². The Morgan fingerprint density at radius 3 is 1.08 bits per heavy atom. The molecule has 11 nitrogen and oxygen atoms in total. The number of aromatic nitrogens is 7. The summed E-state index contributed by atoms with van der Waals surface area (Å²) < 4.78 is 29.7. The third-order valence-electron chi connectivity index (χ3n) is 13.8. The largest absolute Gasteiger partial charge is 0.497 e. The van der Waals surface area contributed by atoms with Crippen molar-refractivity contribution in [3.05, 3.63) is 238 Å². The summed E-state index contributed by atoms with van der Waals surface area (Å²) in [6.07, 6.45) is 0. The van der Waals surface area contributed by atoms with Gasteiger partial charge in [-0.1, -0.05) is 121 Å². The van der Waals surface area contributed by atoms with E-state index in [1.807, 2.05) is 60.7 Å². The molecule has 15 aromatic rings. The van der Waals surface area contributed by atoms with Gasteiger partial charge in [0.25, 0.3) is 0 Å². The lowest BCUT2D eigenvalue weighted by Gasteiger charge is -2.14. The predicted octanol–water partition coefficient (Wildman–Crippen LogP) is 17.5. The number of H-pyrrole nitrogens is 1. The van der Waals surface area contributed by atoms with E-state index in [-0.39, 0.29) is 0 Å². The molecule has 10 aromatic carbocycles. The van der Waals surface area contributed by atoms with E-state index in [9.17, 15) is 0 Å². The molecule has 13 heteroatoms. The van der Waals surface area contributed by atoms with Crippen LogP contribution in [0.4, 0.5) is 0 Å². The molecule has 0 radical (unpaired) electrons. The average Bonchev–Trinajstić information content (AvgIpc) is 4.55. The van der Waals surface area contributed by atoms with Gasteiger partial charge in [-0.2, -0.15) is 0 Å². The summed E-state index contributed by atoms with van der Waals surface area (Å²) in [4.78, 5) is 3.38. The van der Waals surface area contributed by atoms with Crippen LogP contribution in [-0.2, 0) is 0 Å². The Morgan fingerprint density at radius 2 is 0.684 bits per heavy atom. The molecule has 382 valence electrons. The third-order valence-corrected chi connectivity index (χ3v) is 15.1. The number of benzene rings is 10. The number of hydrogen-bond donors (Lipinski definition) is 1. The highest BCUT2D eigenvalue weighted by Gasteiger charge is 2.20. The van der Waals surface area contributed by atoms with Crippen molar-refractivity contribution in [3.8, 4) is 68.7 Å². The van der Waals surface area contributed by atoms with Crippen LogP contribution in [0.1, 0.15) is 0 Å². The molecule has 0 bridgehead atoms. The second-order valence-electron chi connectivity index (χ2n) is 18.6. The maximum atomic E-state index is 6.35. The summed E-state index contributed by atoms with van der Waals surface area (Å²) in [6, 6.07) is 78.8. The average molecular weight is 1250 g/mol. The monoisotopic (exact) mass is 1250 g/mol. The van der Waals surface area contributed by atoms with Crippen LogP contribution in [0.25, 0.3) is 123 Å². The van der Waals surface area contributed by atoms with Gasteiger partial charge in [-0.3, -0.25) is 0 Å². The number of halogens is 2. The van der Waals surface area contributed by atoms with Crippen LogP contribution in [0.2, 0.25) is 0 Å². The van der Waals surface area contributed by atoms with Crippen molar-refractivity contribution in [2.45, 2.75) is 0 Å². The molecular weight excluding hydrogens is 1210 g/mol. The standard InChI is InChI=1S/C39H26N4O2.C15H10I2N2O2.C12H9N/c1-44-29-12-10-11-25(23-29)38-40-41-39(45-38)26-21-27(42-34-17-6-2-13-30(34)31-14-3-7-18-35(31)42)24-28(22-26)43-36-19-8-4-15-32(36)33-16-5-9-20-37(33)43;1-20-13-4-2-3-9(7-13)14-18-19-15(21-14)10-5-11(16)8-12(17)6-10;1-3-7-11-9(5-1)10-6-2-4-8-12(10)13-11/h2-24H,1H3;2-8H,1H3;1-8,13H. The van der Waals surface area contributed by atoms with E-state index in [0.717, 1.165) is 74.3 Å². The van der Waals surface area contributed by atoms with Gasteiger partial charge in [-0.25, -0.2) is 0 Å². The van der Waals surface area contributed by atoms with E-state index in [4.69, 9.17) is 18.3 Å². The highest BCUT2D eigenvalue weighted by Crippen LogP contribution is 2.39. The van der Waals surface area contributed by atoms with Crippen LogP contribution in [-0.4, -0.2) is 48.7 Å². The number of methoxy groups -OCH3 is 2. The summed E-state index contributed by atoms with van der Waals surface area (Å²) in [5.74, 6) is 3.37. The Hall–Kier alpha value is -9.06. The SMILES string of the molecule is COc1cccc(-c2nnc(-c3cc(-n4c5ccccc5c5ccccc54)cc(-n4c5ccccc5c5ccccc54)c3)o2)c1.COc1cccc(-c2nnc(-c3cc(I)cc(I)c3)o2)c1.c1ccc2c(c1)[nH]c1ccccc12. The lowest BCUT2D eigenvalue weighted by atomic mass is 10.1. The van der Waals surface area contributed by atoms with E-state index in [0.29, 0.717) is 23.6 Å². The molecule has 0 spiro atoms. The van der Waals surface area contributed by atoms with Crippen molar-refractivity contribution in [1.29, 1.82) is 0 Å². The van der Waals surface area contributed by atoms with E-state index in [1.165, 1.54) is 43.4 Å². The summed E-state index contributed by atoms with van der Waals surface area (Å²) in [5, 5.41) is 24.7. The molecule has 0 fully saturated rings. The molecular formula is C66H45I2N7O4. The molecule has 0 saturated carbocycles. The Labute approximate surface area is 480 Å². The van der Waals surface area contributed by atoms with Gasteiger partial charge < -0.3 is 32.4 Å². The fourth-order valence-corrected chi connectivity index (χ4v) is 12.2. The summed E-state index contributed by atoms with van der Waals surface area (Å²) in [7, 11) is 3.28. The number of ether oxygens (including phenoxy) is 2. The Bertz CT molecular complexity index is 4420. The molecule has 0 amide bonds. The van der Waals surface area contributed by atoms with E-state index >= 15 is 0 Å². The molecule has 0 saturated heterocycles. The number of hydrogen-bond acceptors (Lipinski definition) is 8. The van der Waals surface area contributed by atoms with Gasteiger partial charge in [0.1, 0.15) is 11.5 Å². The van der Waals surface area contributed by atoms with Crippen LogP contribution < -0.4 is 9.47 Å². The molecule has 15 rings (SSSR count). The van der Waals surface area contributed by atoms with Crippen molar-refractivity contribution in [2.24, 2.45) is 0 Å². The Kier molecular flexibility index (Phi) is 13.4. The van der Waals surface area contributed by atoms with Gasteiger partial charge in [-0.15, -0.1) is 20.4 Å². The number of fused-ring (bicyclic) bond motifs is 9. The lowest BCUT2D eigenvalue weighted by Crippen LogP contribution is -2.00. The van der Waals surface area contributed by atoms with E-state index in [2.05, 4.69) is 250 Å². The number of rotatable bonds is 8. The normalized spacial score (nSPS) is 11.3. The fraction of sp³-hybridized carbons (Fsp3) is 0.0303. The smallest absolute Gasteiger partial charge is 0.248 e. The van der Waals surface area contributed by atoms with Crippen molar-refractivity contribution in [2.75, 3.05) is 14.2 Å². The predicted molar refractivity (Wildman–Crippen MR) is 333 cm³/mol. The van der Waals surface area contributed by atoms with Crippen LogP contribution in [0, 0.1) is 7.14 Å². The van der Waals surface area contributed by atoms with Crippen molar-refractivity contribution in [1.82, 2.24) is 34.5 Å². The highest BCUT2D eigenvalue weighted by atomic mass is 127. The summed E-state index contributed by atoms with van der Waals surface area (Å²) in [6.45, 7) is 0. The first-order valence-electron chi connectivity index (χ1n) is 25.4. The molecule has 5 aromatic heterocycles. The summed E-state index contributed by atoms with van der Waals surface area (Å²) >= 11 is 4.55. The molecule has 0 unspecified atom stereocenters. The van der Waals surface area contributed by atoms with Crippen LogP contribution in [0.3, 0.4) is 0 Å². The summed E-state index contributed by atoms with van der Waals surface area (Å²) in [5.41, 5.74) is 12.3. The number of nitrogens with zero attached hydrogens (tertiary/aromatic N) is 6. The second-order valence-corrected chi connectivity index (χ2v) is 21.1. The molecule has 0 aliphatic heterocycles. The zero-order valence-corrected chi connectivity index (χ0v) is 46.8. The van der Waals surface area contributed by atoms with E-state index < -0.39 is 0 Å². The second kappa shape index (κ2) is 21.4. The minimum absolute atomic E-state index is 0.435. The topological polar surface area (TPSA) is 122 Å². The quantitative estimate of drug-likeness (QED) is 0.149. The third kappa shape index (κ3) is 9.65. The highest BCUT2D eigenvalue weighted by molar-refractivity contribution is 14.1. The van der Waals surface area contributed by atoms with Gasteiger partial charge in [-0.05, 0) is 154 Å². The van der Waals surface area contributed by atoms with Gasteiger partial charge in [0.2, 0.25) is 23.6 Å². The first-order chi connectivity index (χ1) is 38.9. The van der Waals surface area contributed by atoms with Gasteiger partial charge in [0.05, 0.1) is 36.3 Å². The Morgan fingerprint density at radius 1 is 0.342 bits per heavy atom. The number of nitrogens with one attached hydrogen (secondary N) is 1. The molecule has 79 heavy (non-hydrogen) atoms. The number of aromatic amines is 1. The van der Waals surface area contributed by atoms with Gasteiger partial charge >= 0.3 is 0 Å². The minimum atomic E-state index is 0.435. The molecule has 0 aliphatic carbocycles. The molecule has 5 heterocycles. The van der Waals surface area contributed by atoms with Crippen molar-refractivity contribution >= 4 is 111 Å². The first-order valence-corrected chi connectivity index (χ1v) is 27.5. The minimum Gasteiger partial charge on any atom is -0.497 e. The van der Waals surface area contributed by atoms with Gasteiger partial charge in [0.15, 0.2) is 0 Å². The first kappa shape index (κ1) is 49.5.